The Morgan fingerprint density at radius 2 is 1.33 bits per heavy atom. The summed E-state index contributed by atoms with van der Waals surface area (Å²) in [7, 11) is 0. The summed E-state index contributed by atoms with van der Waals surface area (Å²) in [6.07, 6.45) is 0. The molecule has 1 heteroatoms. The van der Waals surface area contributed by atoms with Gasteiger partial charge in [-0.3, -0.25) is 4.98 Å². The number of benzene rings is 1. The maximum atomic E-state index is 4.54. The number of fused-ring (bicyclic) bond motifs is 1. The van der Waals surface area contributed by atoms with E-state index < -0.39 is 0 Å². The molecule has 2 rings (SSSR count). The summed E-state index contributed by atoms with van der Waals surface area (Å²) in [6.45, 7) is 16.5. The molecule has 2 aromatic rings. The van der Waals surface area contributed by atoms with E-state index in [0.29, 0.717) is 0 Å². The van der Waals surface area contributed by atoms with Crippen LogP contribution in [0.1, 0.15) is 50.1 Å². The maximum absolute atomic E-state index is 4.54. The van der Waals surface area contributed by atoms with Crippen molar-refractivity contribution < 1.29 is 0 Å². The highest BCUT2D eigenvalue weighted by Gasteiger charge is 2.04. The standard InChI is InChI=1S/C13H15N.2C2H6/c1-8-7-13-12(11(4)10(8)3)6-5-9(2)14-13;2*1-2/h5-7H,1-4H3;2*1-2H3. The van der Waals surface area contributed by atoms with Gasteiger partial charge in [0.2, 0.25) is 0 Å². The lowest BCUT2D eigenvalue weighted by Gasteiger charge is -2.09. The minimum absolute atomic E-state index is 1.08. The fourth-order valence-electron chi connectivity index (χ4n) is 1.82. The summed E-state index contributed by atoms with van der Waals surface area (Å²) >= 11 is 0. The molecule has 1 heterocycles. The van der Waals surface area contributed by atoms with E-state index in [9.17, 15) is 0 Å². The summed E-state index contributed by atoms with van der Waals surface area (Å²) in [4.78, 5) is 4.54. The summed E-state index contributed by atoms with van der Waals surface area (Å²) < 4.78 is 0. The van der Waals surface area contributed by atoms with Crippen LogP contribution in [0.15, 0.2) is 18.2 Å². The molecule has 1 aromatic carbocycles. The Balaban J connectivity index is 0.000000659. The summed E-state index contributed by atoms with van der Waals surface area (Å²) in [5, 5.41) is 1.28. The van der Waals surface area contributed by atoms with Crippen molar-refractivity contribution in [1.29, 1.82) is 0 Å². The number of hydrogen-bond acceptors (Lipinski definition) is 1. The topological polar surface area (TPSA) is 12.9 Å². The van der Waals surface area contributed by atoms with E-state index >= 15 is 0 Å². The van der Waals surface area contributed by atoms with Crippen molar-refractivity contribution in [2.24, 2.45) is 0 Å². The lowest BCUT2D eigenvalue weighted by Crippen LogP contribution is -1.91. The fourth-order valence-corrected chi connectivity index (χ4v) is 1.82. The maximum Gasteiger partial charge on any atom is 0.0710 e. The van der Waals surface area contributed by atoms with Crippen LogP contribution in [-0.2, 0) is 0 Å². The number of aromatic nitrogens is 1. The van der Waals surface area contributed by atoms with Crippen LogP contribution < -0.4 is 0 Å². The molecule has 1 aromatic heterocycles. The molecule has 0 aliphatic carbocycles. The van der Waals surface area contributed by atoms with E-state index in [1.54, 1.807) is 0 Å². The largest absolute Gasteiger partial charge is 0.253 e. The van der Waals surface area contributed by atoms with Crippen molar-refractivity contribution in [2.75, 3.05) is 0 Å². The molecule has 0 amide bonds. The highest BCUT2D eigenvalue weighted by molar-refractivity contribution is 5.84. The van der Waals surface area contributed by atoms with E-state index in [1.807, 2.05) is 34.6 Å². The predicted molar refractivity (Wildman–Crippen MR) is 83.4 cm³/mol. The van der Waals surface area contributed by atoms with Crippen LogP contribution in [-0.4, -0.2) is 4.98 Å². The van der Waals surface area contributed by atoms with Gasteiger partial charge in [0.05, 0.1) is 5.52 Å². The van der Waals surface area contributed by atoms with Gasteiger partial charge in [-0.25, -0.2) is 0 Å². The quantitative estimate of drug-likeness (QED) is 0.595. The molecular formula is C17H27N. The zero-order chi connectivity index (χ0) is 14.3. The number of aryl methyl sites for hydroxylation is 3. The van der Waals surface area contributed by atoms with Gasteiger partial charge in [-0.15, -0.1) is 0 Å². The van der Waals surface area contributed by atoms with Gasteiger partial charge in [0, 0.05) is 11.1 Å². The Morgan fingerprint density at radius 1 is 0.778 bits per heavy atom. The van der Waals surface area contributed by atoms with E-state index in [0.717, 1.165) is 11.2 Å². The summed E-state index contributed by atoms with van der Waals surface area (Å²) in [5.41, 5.74) is 6.26. The van der Waals surface area contributed by atoms with Crippen LogP contribution in [0.25, 0.3) is 10.9 Å². The highest BCUT2D eigenvalue weighted by atomic mass is 14.7. The molecule has 18 heavy (non-hydrogen) atoms. The van der Waals surface area contributed by atoms with Gasteiger partial charge in [0.15, 0.2) is 0 Å². The molecule has 0 saturated carbocycles. The van der Waals surface area contributed by atoms with E-state index in [4.69, 9.17) is 0 Å². The molecule has 0 bridgehead atoms. The van der Waals surface area contributed by atoms with Gasteiger partial charge >= 0.3 is 0 Å². The molecule has 0 spiro atoms. The Bertz CT molecular complexity index is 498. The van der Waals surface area contributed by atoms with Crippen LogP contribution in [0.2, 0.25) is 0 Å². The molecule has 0 N–H and O–H groups in total. The van der Waals surface area contributed by atoms with Crippen LogP contribution in [0.3, 0.4) is 0 Å². The fraction of sp³-hybridized carbons (Fsp3) is 0.471. The second-order valence-electron chi connectivity index (χ2n) is 3.96. The Kier molecular flexibility index (Phi) is 7.26. The molecular weight excluding hydrogens is 218 g/mol. The third-order valence-electron chi connectivity index (χ3n) is 2.98. The molecule has 100 valence electrons. The molecule has 0 radical (unpaired) electrons. The smallest absolute Gasteiger partial charge is 0.0710 e. The molecule has 0 atom stereocenters. The lowest BCUT2D eigenvalue weighted by atomic mass is 9.99. The summed E-state index contributed by atoms with van der Waals surface area (Å²) in [6, 6.07) is 6.41. The molecule has 1 nitrogen and oxygen atoms in total. The third kappa shape index (κ3) is 3.56. The normalized spacial score (nSPS) is 9.11. The molecule has 0 saturated heterocycles. The lowest BCUT2D eigenvalue weighted by molar-refractivity contribution is 1.22. The van der Waals surface area contributed by atoms with Gasteiger partial charge in [-0.2, -0.15) is 0 Å². The van der Waals surface area contributed by atoms with Crippen LogP contribution in [0, 0.1) is 27.7 Å². The Morgan fingerprint density at radius 3 is 1.89 bits per heavy atom. The van der Waals surface area contributed by atoms with E-state index in [-0.39, 0.29) is 0 Å². The molecule has 0 aliphatic heterocycles. The summed E-state index contributed by atoms with van der Waals surface area (Å²) in [5.74, 6) is 0. The first-order valence-electron chi connectivity index (χ1n) is 6.94. The van der Waals surface area contributed by atoms with Gasteiger partial charge in [-0.05, 0) is 56.5 Å². The first-order valence-corrected chi connectivity index (χ1v) is 6.94. The monoisotopic (exact) mass is 245 g/mol. The molecule has 0 unspecified atom stereocenters. The number of nitrogens with zero attached hydrogens (tertiary/aromatic N) is 1. The van der Waals surface area contributed by atoms with Crippen molar-refractivity contribution in [3.63, 3.8) is 0 Å². The number of pyridine rings is 1. The van der Waals surface area contributed by atoms with Crippen molar-refractivity contribution in [3.8, 4) is 0 Å². The van der Waals surface area contributed by atoms with Crippen LogP contribution in [0.4, 0.5) is 0 Å². The third-order valence-corrected chi connectivity index (χ3v) is 2.98. The average molecular weight is 245 g/mol. The second kappa shape index (κ2) is 7.86. The van der Waals surface area contributed by atoms with Crippen LogP contribution in [0.5, 0.6) is 0 Å². The zero-order valence-electron chi connectivity index (χ0n) is 13.2. The van der Waals surface area contributed by atoms with E-state index in [2.05, 4.69) is 44.0 Å². The van der Waals surface area contributed by atoms with E-state index in [1.165, 1.54) is 22.1 Å². The van der Waals surface area contributed by atoms with Crippen LogP contribution >= 0.6 is 0 Å². The average Bonchev–Trinajstić information content (AvgIpc) is 2.40. The Hall–Kier alpha value is -1.37. The number of hydrogen-bond donors (Lipinski definition) is 0. The second-order valence-corrected chi connectivity index (χ2v) is 3.96. The minimum Gasteiger partial charge on any atom is -0.253 e. The first-order chi connectivity index (χ1) is 8.59. The van der Waals surface area contributed by atoms with Gasteiger partial charge < -0.3 is 0 Å². The number of rotatable bonds is 0. The first kappa shape index (κ1) is 16.6. The van der Waals surface area contributed by atoms with Crippen molar-refractivity contribution in [2.45, 2.75) is 55.4 Å². The van der Waals surface area contributed by atoms with Crippen molar-refractivity contribution in [1.82, 2.24) is 4.98 Å². The van der Waals surface area contributed by atoms with Crippen molar-refractivity contribution >= 4 is 10.9 Å². The van der Waals surface area contributed by atoms with Gasteiger partial charge in [0.25, 0.3) is 0 Å². The van der Waals surface area contributed by atoms with Crippen molar-refractivity contribution in [3.05, 3.63) is 40.6 Å². The zero-order valence-corrected chi connectivity index (χ0v) is 13.2. The highest BCUT2D eigenvalue weighted by Crippen LogP contribution is 2.23. The van der Waals surface area contributed by atoms with Gasteiger partial charge in [0.1, 0.15) is 0 Å². The predicted octanol–water partition coefficient (Wildman–Crippen LogP) is 5.52. The minimum atomic E-state index is 1.08. The van der Waals surface area contributed by atoms with Gasteiger partial charge in [-0.1, -0.05) is 33.8 Å². The SMILES string of the molecule is CC.CC.Cc1ccc2c(C)c(C)c(C)cc2n1. The molecule has 0 fully saturated rings. The molecule has 0 aliphatic rings. The Labute approximate surface area is 112 Å².